The third kappa shape index (κ3) is 5.06. The summed E-state index contributed by atoms with van der Waals surface area (Å²) in [5.41, 5.74) is -0.995. The summed E-state index contributed by atoms with van der Waals surface area (Å²) in [6.45, 7) is 0.948. The number of aromatic nitrogens is 1. The van der Waals surface area contributed by atoms with Crippen molar-refractivity contribution in [2.45, 2.75) is 19.0 Å². The highest BCUT2D eigenvalue weighted by molar-refractivity contribution is 6.33. The van der Waals surface area contributed by atoms with E-state index >= 15 is 0 Å². The van der Waals surface area contributed by atoms with Crippen molar-refractivity contribution in [3.63, 3.8) is 0 Å². The normalized spacial score (nSPS) is 17.1. The van der Waals surface area contributed by atoms with Gasteiger partial charge >= 0.3 is 6.18 Å². The van der Waals surface area contributed by atoms with Crippen molar-refractivity contribution in [1.82, 2.24) is 15.2 Å². The SMILES string of the molecule is O=C(NC[C@H]1CCCN(C(=O)c2ccccc2C(F)(F)F)C1)c1ccncc1Cl. The van der Waals surface area contributed by atoms with Crippen molar-refractivity contribution in [3.05, 3.63) is 64.4 Å². The number of amides is 2. The van der Waals surface area contributed by atoms with Crippen LogP contribution in [0.5, 0.6) is 0 Å². The zero-order valence-electron chi connectivity index (χ0n) is 15.4. The Morgan fingerprint density at radius 1 is 1.21 bits per heavy atom. The van der Waals surface area contributed by atoms with E-state index in [1.165, 1.54) is 41.6 Å². The highest BCUT2D eigenvalue weighted by Crippen LogP contribution is 2.33. The number of likely N-dealkylation sites (tertiary alicyclic amines) is 1. The molecule has 1 aliphatic rings. The summed E-state index contributed by atoms with van der Waals surface area (Å²) < 4.78 is 39.7. The maximum absolute atomic E-state index is 13.2. The molecule has 9 heteroatoms. The van der Waals surface area contributed by atoms with E-state index in [2.05, 4.69) is 10.3 Å². The van der Waals surface area contributed by atoms with Crippen molar-refractivity contribution in [2.75, 3.05) is 19.6 Å². The molecule has 3 rings (SSSR count). The maximum atomic E-state index is 13.2. The van der Waals surface area contributed by atoms with Crippen LogP contribution >= 0.6 is 11.6 Å². The number of nitrogens with zero attached hydrogens (tertiary/aromatic N) is 2. The monoisotopic (exact) mass is 425 g/mol. The standard InChI is InChI=1S/C20H19ClF3N3O2/c21-17-11-25-8-7-15(17)18(28)26-10-13-4-3-9-27(12-13)19(29)14-5-1-2-6-16(14)20(22,23)24/h1-2,5-8,11,13H,3-4,9-10,12H2,(H,26,28)/t13-/m1/s1. The molecule has 2 heterocycles. The summed E-state index contributed by atoms with van der Waals surface area (Å²) in [6, 6.07) is 6.29. The van der Waals surface area contributed by atoms with Crippen molar-refractivity contribution in [3.8, 4) is 0 Å². The third-order valence-corrected chi connectivity index (χ3v) is 5.14. The topological polar surface area (TPSA) is 62.3 Å². The molecule has 0 unspecified atom stereocenters. The summed E-state index contributed by atoms with van der Waals surface area (Å²) in [4.78, 5) is 30.2. The zero-order chi connectivity index (χ0) is 21.0. The lowest BCUT2D eigenvalue weighted by Crippen LogP contribution is -2.44. The first-order chi connectivity index (χ1) is 13.8. The number of pyridine rings is 1. The minimum atomic E-state index is -4.60. The van der Waals surface area contributed by atoms with Gasteiger partial charge in [-0.15, -0.1) is 0 Å². The third-order valence-electron chi connectivity index (χ3n) is 4.84. The van der Waals surface area contributed by atoms with E-state index in [9.17, 15) is 22.8 Å². The van der Waals surface area contributed by atoms with Gasteiger partial charge in [0.2, 0.25) is 0 Å². The van der Waals surface area contributed by atoms with E-state index < -0.39 is 17.6 Å². The van der Waals surface area contributed by atoms with Crippen molar-refractivity contribution in [2.24, 2.45) is 5.92 Å². The Morgan fingerprint density at radius 3 is 2.69 bits per heavy atom. The van der Waals surface area contributed by atoms with Gasteiger partial charge in [0, 0.05) is 32.0 Å². The van der Waals surface area contributed by atoms with E-state index in [0.29, 0.717) is 25.1 Å². The molecule has 1 N–H and O–H groups in total. The van der Waals surface area contributed by atoms with Crippen LogP contribution in [0.15, 0.2) is 42.7 Å². The molecular weight excluding hydrogens is 407 g/mol. The van der Waals surface area contributed by atoms with E-state index in [1.54, 1.807) is 0 Å². The van der Waals surface area contributed by atoms with Crippen LogP contribution in [-0.2, 0) is 6.18 Å². The predicted molar refractivity (Wildman–Crippen MR) is 102 cm³/mol. The Hall–Kier alpha value is -2.61. The van der Waals surface area contributed by atoms with Crippen LogP contribution in [0.3, 0.4) is 0 Å². The molecule has 154 valence electrons. The molecule has 29 heavy (non-hydrogen) atoms. The Bertz CT molecular complexity index is 905. The number of halogens is 4. The highest BCUT2D eigenvalue weighted by Gasteiger charge is 2.36. The number of hydrogen-bond donors (Lipinski definition) is 1. The predicted octanol–water partition coefficient (Wildman–Crippen LogP) is 4.04. The van der Waals surface area contributed by atoms with Gasteiger partial charge in [-0.2, -0.15) is 13.2 Å². The number of piperidine rings is 1. The molecule has 1 aromatic carbocycles. The molecule has 0 bridgehead atoms. The second-order valence-electron chi connectivity index (χ2n) is 6.87. The molecule has 1 atom stereocenters. The first kappa shape index (κ1) is 21.1. The Kier molecular flexibility index (Phi) is 6.42. The van der Waals surface area contributed by atoms with E-state index in [0.717, 1.165) is 12.5 Å². The molecule has 0 spiro atoms. The summed E-state index contributed by atoms with van der Waals surface area (Å²) in [7, 11) is 0. The second-order valence-corrected chi connectivity index (χ2v) is 7.28. The lowest BCUT2D eigenvalue weighted by molar-refractivity contribution is -0.138. The van der Waals surface area contributed by atoms with Gasteiger partial charge in [0.1, 0.15) is 0 Å². The van der Waals surface area contributed by atoms with Crippen LogP contribution < -0.4 is 5.32 Å². The van der Waals surface area contributed by atoms with Crippen molar-refractivity contribution < 1.29 is 22.8 Å². The summed E-state index contributed by atoms with van der Waals surface area (Å²) in [5.74, 6) is -1.07. The van der Waals surface area contributed by atoms with Crippen LogP contribution in [0.1, 0.15) is 39.1 Å². The number of alkyl halides is 3. The number of nitrogens with one attached hydrogen (secondary N) is 1. The Morgan fingerprint density at radius 2 is 1.97 bits per heavy atom. The molecular formula is C20H19ClF3N3O2. The number of carbonyl (C=O) groups is 2. The fourth-order valence-electron chi connectivity index (χ4n) is 3.39. The smallest absolute Gasteiger partial charge is 0.352 e. The Labute approximate surface area is 170 Å². The maximum Gasteiger partial charge on any atom is 0.417 e. The number of carbonyl (C=O) groups excluding carboxylic acids is 2. The highest BCUT2D eigenvalue weighted by atomic mass is 35.5. The number of hydrogen-bond acceptors (Lipinski definition) is 3. The number of rotatable bonds is 4. The lowest BCUT2D eigenvalue weighted by atomic mass is 9.96. The first-order valence-corrected chi connectivity index (χ1v) is 9.48. The summed E-state index contributed by atoms with van der Waals surface area (Å²) in [6.07, 6.45) is -0.361. The van der Waals surface area contributed by atoms with Gasteiger partial charge in [0.05, 0.1) is 21.7 Å². The summed E-state index contributed by atoms with van der Waals surface area (Å²) >= 11 is 5.96. The van der Waals surface area contributed by atoms with E-state index in [-0.39, 0.29) is 29.0 Å². The fraction of sp³-hybridized carbons (Fsp3) is 0.350. The second kappa shape index (κ2) is 8.82. The number of benzene rings is 1. The molecule has 0 aliphatic carbocycles. The fourth-order valence-corrected chi connectivity index (χ4v) is 3.60. The van der Waals surface area contributed by atoms with Gasteiger partial charge in [0.15, 0.2) is 0 Å². The molecule has 1 saturated heterocycles. The minimum absolute atomic E-state index is 0.0599. The van der Waals surface area contributed by atoms with Crippen LogP contribution in [0.2, 0.25) is 5.02 Å². The average Bonchev–Trinajstić information content (AvgIpc) is 2.71. The van der Waals surface area contributed by atoms with Gasteiger partial charge in [-0.1, -0.05) is 23.7 Å². The minimum Gasteiger partial charge on any atom is -0.352 e. The first-order valence-electron chi connectivity index (χ1n) is 9.10. The Balaban J connectivity index is 1.65. The molecule has 0 saturated carbocycles. The van der Waals surface area contributed by atoms with Gasteiger partial charge in [-0.25, -0.2) is 0 Å². The van der Waals surface area contributed by atoms with Crippen LogP contribution in [-0.4, -0.2) is 41.3 Å². The van der Waals surface area contributed by atoms with Crippen LogP contribution in [0.4, 0.5) is 13.2 Å². The molecule has 1 aromatic heterocycles. The molecule has 1 fully saturated rings. The van der Waals surface area contributed by atoms with E-state index in [4.69, 9.17) is 11.6 Å². The largest absolute Gasteiger partial charge is 0.417 e. The van der Waals surface area contributed by atoms with Crippen LogP contribution in [0.25, 0.3) is 0 Å². The van der Waals surface area contributed by atoms with Gasteiger partial charge in [-0.05, 0) is 37.0 Å². The summed E-state index contributed by atoms with van der Waals surface area (Å²) in [5, 5.41) is 3.01. The van der Waals surface area contributed by atoms with Crippen LogP contribution in [0, 0.1) is 5.92 Å². The van der Waals surface area contributed by atoms with Gasteiger partial charge in [-0.3, -0.25) is 14.6 Å². The molecule has 2 aromatic rings. The van der Waals surface area contributed by atoms with E-state index in [1.807, 2.05) is 0 Å². The van der Waals surface area contributed by atoms with Gasteiger partial charge < -0.3 is 10.2 Å². The molecule has 0 radical (unpaired) electrons. The van der Waals surface area contributed by atoms with Crippen molar-refractivity contribution in [1.29, 1.82) is 0 Å². The lowest BCUT2D eigenvalue weighted by Gasteiger charge is -2.33. The zero-order valence-corrected chi connectivity index (χ0v) is 16.1. The quantitative estimate of drug-likeness (QED) is 0.804. The average molecular weight is 426 g/mol. The van der Waals surface area contributed by atoms with Crippen molar-refractivity contribution >= 4 is 23.4 Å². The molecule has 2 amide bonds. The van der Waals surface area contributed by atoms with Gasteiger partial charge in [0.25, 0.3) is 11.8 Å². The molecule has 1 aliphatic heterocycles. The molecule has 5 nitrogen and oxygen atoms in total.